The Bertz CT molecular complexity index is 386. The Hall–Kier alpha value is -1.36. The largest absolute Gasteiger partial charge is 0.340 e. The van der Waals surface area contributed by atoms with Gasteiger partial charge in [0.1, 0.15) is 5.69 Å². The van der Waals surface area contributed by atoms with Crippen molar-refractivity contribution in [1.82, 2.24) is 14.7 Å². The topological polar surface area (TPSA) is 64.2 Å². The highest BCUT2D eigenvalue weighted by Crippen LogP contribution is 2.08. The van der Waals surface area contributed by atoms with Crippen LogP contribution in [0.3, 0.4) is 0 Å². The summed E-state index contributed by atoms with van der Waals surface area (Å²) in [5, 5.41) is 4.28. The van der Waals surface area contributed by atoms with E-state index in [9.17, 15) is 4.79 Å². The van der Waals surface area contributed by atoms with Gasteiger partial charge < -0.3 is 10.6 Å². The standard InChI is InChI=1S/C12H22N4O/c1-5-16-11(6-10(3)14-16)12(17)15(4)8-9(2)7-13/h6,9H,5,7-8,13H2,1-4H3. The summed E-state index contributed by atoms with van der Waals surface area (Å²) < 4.78 is 1.74. The summed E-state index contributed by atoms with van der Waals surface area (Å²) in [5.41, 5.74) is 7.08. The number of hydrogen-bond acceptors (Lipinski definition) is 3. The molecule has 5 heteroatoms. The molecule has 0 aliphatic rings. The van der Waals surface area contributed by atoms with Crippen molar-refractivity contribution in [3.05, 3.63) is 17.5 Å². The van der Waals surface area contributed by atoms with Gasteiger partial charge in [0, 0.05) is 20.1 Å². The first kappa shape index (κ1) is 13.7. The highest BCUT2D eigenvalue weighted by Gasteiger charge is 2.18. The highest BCUT2D eigenvalue weighted by atomic mass is 16.2. The van der Waals surface area contributed by atoms with Crippen molar-refractivity contribution in [3.63, 3.8) is 0 Å². The molecular formula is C12H22N4O. The molecule has 96 valence electrons. The van der Waals surface area contributed by atoms with Crippen molar-refractivity contribution >= 4 is 5.91 Å². The first-order chi connectivity index (χ1) is 7.99. The second kappa shape index (κ2) is 5.82. The van der Waals surface area contributed by atoms with Crippen LogP contribution in [0.15, 0.2) is 6.07 Å². The van der Waals surface area contributed by atoms with Gasteiger partial charge in [0.05, 0.1) is 5.69 Å². The summed E-state index contributed by atoms with van der Waals surface area (Å²) in [6, 6.07) is 1.83. The number of carbonyl (C=O) groups is 1. The van der Waals surface area contributed by atoms with Crippen molar-refractivity contribution in [3.8, 4) is 0 Å². The first-order valence-electron chi connectivity index (χ1n) is 5.99. The molecule has 0 aliphatic carbocycles. The molecule has 1 aromatic rings. The lowest BCUT2D eigenvalue weighted by Gasteiger charge is -2.20. The lowest BCUT2D eigenvalue weighted by Crippen LogP contribution is -2.34. The molecule has 17 heavy (non-hydrogen) atoms. The van der Waals surface area contributed by atoms with E-state index >= 15 is 0 Å². The highest BCUT2D eigenvalue weighted by molar-refractivity contribution is 5.92. The molecule has 1 amide bonds. The van der Waals surface area contributed by atoms with E-state index in [1.165, 1.54) is 0 Å². The Labute approximate surface area is 103 Å². The molecule has 0 saturated heterocycles. The summed E-state index contributed by atoms with van der Waals surface area (Å²) in [5.74, 6) is 0.316. The molecular weight excluding hydrogens is 216 g/mol. The fraction of sp³-hybridized carbons (Fsp3) is 0.667. The lowest BCUT2D eigenvalue weighted by atomic mass is 10.1. The summed E-state index contributed by atoms with van der Waals surface area (Å²) in [7, 11) is 1.80. The summed E-state index contributed by atoms with van der Waals surface area (Å²) in [6.45, 7) is 7.87. The van der Waals surface area contributed by atoms with E-state index in [0.717, 1.165) is 5.69 Å². The van der Waals surface area contributed by atoms with Crippen LogP contribution in [0.1, 0.15) is 30.0 Å². The van der Waals surface area contributed by atoms with Crippen LogP contribution in [0.5, 0.6) is 0 Å². The number of rotatable bonds is 5. The van der Waals surface area contributed by atoms with Gasteiger partial charge in [0.15, 0.2) is 0 Å². The minimum atomic E-state index is 0.00718. The second-order valence-corrected chi connectivity index (χ2v) is 4.51. The Morgan fingerprint density at radius 1 is 1.65 bits per heavy atom. The number of carbonyl (C=O) groups excluding carboxylic acids is 1. The van der Waals surface area contributed by atoms with Gasteiger partial charge >= 0.3 is 0 Å². The van der Waals surface area contributed by atoms with Crippen molar-refractivity contribution in [2.24, 2.45) is 11.7 Å². The van der Waals surface area contributed by atoms with E-state index in [4.69, 9.17) is 5.73 Å². The molecule has 1 aromatic heterocycles. The van der Waals surface area contributed by atoms with Gasteiger partial charge in [-0.15, -0.1) is 0 Å². The molecule has 1 unspecified atom stereocenters. The van der Waals surface area contributed by atoms with E-state index in [0.29, 0.717) is 31.2 Å². The molecule has 0 spiro atoms. The third kappa shape index (κ3) is 3.30. The average molecular weight is 238 g/mol. The molecule has 1 heterocycles. The maximum absolute atomic E-state index is 12.2. The molecule has 0 saturated carbocycles. The normalized spacial score (nSPS) is 12.5. The third-order valence-electron chi connectivity index (χ3n) is 2.76. The maximum atomic E-state index is 12.2. The van der Waals surface area contributed by atoms with E-state index in [2.05, 4.69) is 5.10 Å². The molecule has 5 nitrogen and oxygen atoms in total. The van der Waals surface area contributed by atoms with Crippen LogP contribution in [0.25, 0.3) is 0 Å². The van der Waals surface area contributed by atoms with Crippen molar-refractivity contribution in [1.29, 1.82) is 0 Å². The Kier molecular flexibility index (Phi) is 4.69. The summed E-state index contributed by atoms with van der Waals surface area (Å²) in [6.07, 6.45) is 0. The van der Waals surface area contributed by atoms with Gasteiger partial charge in [-0.05, 0) is 32.4 Å². The Balaban J connectivity index is 2.81. The number of nitrogens with two attached hydrogens (primary N) is 1. The van der Waals surface area contributed by atoms with Crippen LogP contribution >= 0.6 is 0 Å². The number of hydrogen-bond donors (Lipinski definition) is 1. The zero-order chi connectivity index (χ0) is 13.0. The van der Waals surface area contributed by atoms with E-state index in [1.807, 2.05) is 26.8 Å². The van der Waals surface area contributed by atoms with Gasteiger partial charge in [-0.3, -0.25) is 9.48 Å². The predicted octanol–water partition coefficient (Wildman–Crippen LogP) is 0.878. The molecule has 2 N–H and O–H groups in total. The van der Waals surface area contributed by atoms with Gasteiger partial charge in [-0.1, -0.05) is 6.92 Å². The first-order valence-corrected chi connectivity index (χ1v) is 5.99. The second-order valence-electron chi connectivity index (χ2n) is 4.51. The van der Waals surface area contributed by atoms with Crippen LogP contribution in [-0.4, -0.2) is 40.7 Å². The fourth-order valence-corrected chi connectivity index (χ4v) is 1.78. The van der Waals surface area contributed by atoms with Gasteiger partial charge in [0.25, 0.3) is 5.91 Å². The number of aromatic nitrogens is 2. The zero-order valence-electron chi connectivity index (χ0n) is 11.1. The van der Waals surface area contributed by atoms with Crippen LogP contribution in [-0.2, 0) is 6.54 Å². The molecule has 0 radical (unpaired) electrons. The molecule has 0 aromatic carbocycles. The van der Waals surface area contributed by atoms with Crippen LogP contribution in [0.2, 0.25) is 0 Å². The molecule has 1 atom stereocenters. The summed E-state index contributed by atoms with van der Waals surface area (Å²) >= 11 is 0. The Morgan fingerprint density at radius 2 is 2.29 bits per heavy atom. The van der Waals surface area contributed by atoms with Crippen LogP contribution in [0.4, 0.5) is 0 Å². The third-order valence-corrected chi connectivity index (χ3v) is 2.76. The Morgan fingerprint density at radius 3 is 2.82 bits per heavy atom. The smallest absolute Gasteiger partial charge is 0.271 e. The van der Waals surface area contributed by atoms with E-state index < -0.39 is 0 Å². The van der Waals surface area contributed by atoms with Crippen LogP contribution < -0.4 is 5.73 Å². The van der Waals surface area contributed by atoms with Gasteiger partial charge in [-0.2, -0.15) is 5.10 Å². The monoisotopic (exact) mass is 238 g/mol. The van der Waals surface area contributed by atoms with Crippen molar-refractivity contribution < 1.29 is 4.79 Å². The van der Waals surface area contributed by atoms with E-state index in [1.54, 1.807) is 16.6 Å². The van der Waals surface area contributed by atoms with Crippen LogP contribution in [0, 0.1) is 12.8 Å². The summed E-state index contributed by atoms with van der Waals surface area (Å²) in [4.78, 5) is 13.9. The minimum Gasteiger partial charge on any atom is -0.340 e. The quantitative estimate of drug-likeness (QED) is 0.828. The van der Waals surface area contributed by atoms with Crippen molar-refractivity contribution in [2.45, 2.75) is 27.3 Å². The van der Waals surface area contributed by atoms with Gasteiger partial charge in [-0.25, -0.2) is 0 Å². The lowest BCUT2D eigenvalue weighted by molar-refractivity contribution is 0.0765. The minimum absolute atomic E-state index is 0.00718. The predicted molar refractivity (Wildman–Crippen MR) is 67.8 cm³/mol. The van der Waals surface area contributed by atoms with Crippen molar-refractivity contribution in [2.75, 3.05) is 20.1 Å². The number of aryl methyl sites for hydroxylation is 2. The van der Waals surface area contributed by atoms with E-state index in [-0.39, 0.29) is 5.91 Å². The fourth-order valence-electron chi connectivity index (χ4n) is 1.78. The zero-order valence-corrected chi connectivity index (χ0v) is 11.1. The van der Waals surface area contributed by atoms with Gasteiger partial charge in [0.2, 0.25) is 0 Å². The molecule has 0 fully saturated rings. The average Bonchev–Trinajstić information content (AvgIpc) is 2.69. The molecule has 0 bridgehead atoms. The number of amides is 1. The molecule has 1 rings (SSSR count). The molecule has 0 aliphatic heterocycles. The SMILES string of the molecule is CCn1nc(C)cc1C(=O)N(C)CC(C)CN. The maximum Gasteiger partial charge on any atom is 0.271 e. The number of nitrogens with zero attached hydrogens (tertiary/aromatic N) is 3.